The number of carbonyl (C=O) groups excluding carboxylic acids is 1. The molecule has 0 amide bonds. The number of halogens is 1. The van der Waals surface area contributed by atoms with Crippen molar-refractivity contribution in [3.8, 4) is 0 Å². The van der Waals surface area contributed by atoms with Crippen molar-refractivity contribution in [1.29, 1.82) is 0 Å². The molecule has 2 rings (SSSR count). The lowest BCUT2D eigenvalue weighted by atomic mass is 9.97. The van der Waals surface area contributed by atoms with Crippen LogP contribution in [0, 0.1) is 23.0 Å². The van der Waals surface area contributed by atoms with E-state index in [9.17, 15) is 14.9 Å². The summed E-state index contributed by atoms with van der Waals surface area (Å²) in [6, 6.07) is 3.15. The van der Waals surface area contributed by atoms with Crippen LogP contribution in [0.2, 0.25) is 5.02 Å². The van der Waals surface area contributed by atoms with E-state index in [4.69, 9.17) is 11.6 Å². The monoisotopic (exact) mass is 282 g/mol. The second-order valence-corrected chi connectivity index (χ2v) is 5.21. The van der Waals surface area contributed by atoms with Crippen molar-refractivity contribution in [1.82, 2.24) is 0 Å². The number of hydrogen-bond donors (Lipinski definition) is 0. The lowest BCUT2D eigenvalue weighted by Gasteiger charge is -2.32. The Morgan fingerprint density at radius 1 is 1.42 bits per heavy atom. The highest BCUT2D eigenvalue weighted by Crippen LogP contribution is 2.34. The number of piperidine rings is 1. The van der Waals surface area contributed by atoms with Crippen LogP contribution < -0.4 is 4.90 Å². The summed E-state index contributed by atoms with van der Waals surface area (Å²) in [7, 11) is 0. The number of nitro groups is 1. The number of aldehydes is 1. The van der Waals surface area contributed by atoms with Gasteiger partial charge in [-0.3, -0.25) is 10.1 Å². The second kappa shape index (κ2) is 5.57. The number of nitrogens with zero attached hydrogens (tertiary/aromatic N) is 2. The molecule has 0 aromatic heterocycles. The highest BCUT2D eigenvalue weighted by atomic mass is 35.5. The van der Waals surface area contributed by atoms with Crippen molar-refractivity contribution in [2.75, 3.05) is 18.0 Å². The van der Waals surface area contributed by atoms with Gasteiger partial charge >= 0.3 is 0 Å². The van der Waals surface area contributed by atoms with Crippen LogP contribution in [-0.4, -0.2) is 24.3 Å². The Bertz CT molecular complexity index is 511. The van der Waals surface area contributed by atoms with Gasteiger partial charge in [-0.25, -0.2) is 0 Å². The molecule has 0 aliphatic carbocycles. The van der Waals surface area contributed by atoms with E-state index in [-0.39, 0.29) is 16.6 Å². The van der Waals surface area contributed by atoms with Gasteiger partial charge in [-0.05, 0) is 31.4 Å². The van der Waals surface area contributed by atoms with Gasteiger partial charge in [-0.15, -0.1) is 0 Å². The minimum atomic E-state index is -0.474. The van der Waals surface area contributed by atoms with Crippen molar-refractivity contribution in [2.24, 2.45) is 5.92 Å². The average Bonchev–Trinajstić information content (AvgIpc) is 2.41. The summed E-state index contributed by atoms with van der Waals surface area (Å²) in [4.78, 5) is 23.2. The number of anilines is 1. The molecular formula is C13H15ClN2O3. The molecule has 0 radical (unpaired) electrons. The lowest BCUT2D eigenvalue weighted by molar-refractivity contribution is -0.384. The van der Waals surface area contributed by atoms with E-state index < -0.39 is 4.92 Å². The maximum Gasteiger partial charge on any atom is 0.288 e. The summed E-state index contributed by atoms with van der Waals surface area (Å²) in [5.74, 6) is 0.130. The molecule has 0 bridgehead atoms. The zero-order valence-corrected chi connectivity index (χ0v) is 11.4. The van der Waals surface area contributed by atoms with Crippen LogP contribution in [-0.2, 0) is 4.79 Å². The van der Waals surface area contributed by atoms with Crippen molar-refractivity contribution in [3.63, 3.8) is 0 Å². The van der Waals surface area contributed by atoms with Gasteiger partial charge < -0.3 is 9.69 Å². The summed E-state index contributed by atoms with van der Waals surface area (Å²) >= 11 is 5.95. The van der Waals surface area contributed by atoms with E-state index in [1.807, 2.05) is 6.92 Å². The molecular weight excluding hydrogens is 268 g/mol. The molecule has 0 N–H and O–H groups in total. The van der Waals surface area contributed by atoms with Gasteiger partial charge in [0.05, 0.1) is 4.92 Å². The third kappa shape index (κ3) is 2.87. The molecule has 1 fully saturated rings. The van der Waals surface area contributed by atoms with Crippen LogP contribution in [0.1, 0.15) is 18.4 Å². The summed E-state index contributed by atoms with van der Waals surface area (Å²) in [5, 5.41) is 11.0. The molecule has 0 unspecified atom stereocenters. The topological polar surface area (TPSA) is 63.5 Å². The minimum Gasteiger partial charge on any atom is -0.371 e. The molecule has 1 aromatic rings. The zero-order valence-electron chi connectivity index (χ0n) is 10.6. The predicted molar refractivity (Wildman–Crippen MR) is 73.8 cm³/mol. The molecule has 0 saturated carbocycles. The maximum atomic E-state index is 10.8. The first-order valence-corrected chi connectivity index (χ1v) is 6.55. The first-order valence-electron chi connectivity index (χ1n) is 6.17. The zero-order chi connectivity index (χ0) is 14.0. The third-order valence-electron chi connectivity index (χ3n) is 3.53. The number of benzene rings is 1. The third-order valence-corrected chi connectivity index (χ3v) is 3.84. The first kappa shape index (κ1) is 13.8. The Morgan fingerprint density at radius 2 is 2.05 bits per heavy atom. The molecule has 1 aliphatic rings. The number of carbonyl (C=O) groups is 1. The van der Waals surface area contributed by atoms with Crippen LogP contribution in [0.3, 0.4) is 0 Å². The Morgan fingerprint density at radius 3 is 2.58 bits per heavy atom. The van der Waals surface area contributed by atoms with Gasteiger partial charge in [0.15, 0.2) is 0 Å². The summed E-state index contributed by atoms with van der Waals surface area (Å²) in [6.07, 6.45) is 2.64. The lowest BCUT2D eigenvalue weighted by Crippen LogP contribution is -2.34. The maximum absolute atomic E-state index is 10.8. The number of hydrogen-bond acceptors (Lipinski definition) is 4. The van der Waals surface area contributed by atoms with E-state index >= 15 is 0 Å². The normalized spacial score (nSPS) is 16.4. The van der Waals surface area contributed by atoms with Crippen LogP contribution in [0.4, 0.5) is 11.4 Å². The largest absolute Gasteiger partial charge is 0.371 e. The smallest absolute Gasteiger partial charge is 0.288 e. The fourth-order valence-electron chi connectivity index (χ4n) is 2.41. The van der Waals surface area contributed by atoms with E-state index in [1.54, 1.807) is 6.07 Å². The summed E-state index contributed by atoms with van der Waals surface area (Å²) in [6.45, 7) is 3.39. The molecule has 5 nitrogen and oxygen atoms in total. The highest BCUT2D eigenvalue weighted by Gasteiger charge is 2.22. The SMILES string of the molecule is Cc1cc([N+](=O)[O-])c(Cl)cc1N1CCC(C=O)CC1. The van der Waals surface area contributed by atoms with Crippen LogP contribution in [0.5, 0.6) is 0 Å². The van der Waals surface area contributed by atoms with E-state index in [0.29, 0.717) is 0 Å². The summed E-state index contributed by atoms with van der Waals surface area (Å²) in [5.41, 5.74) is 1.69. The number of rotatable bonds is 3. The Hall–Kier alpha value is -1.62. The van der Waals surface area contributed by atoms with Gasteiger partial charge in [0.1, 0.15) is 11.3 Å². The molecule has 1 saturated heterocycles. The molecule has 1 heterocycles. The standard InChI is InChI=1S/C13H15ClN2O3/c1-9-6-13(16(18)19)11(14)7-12(9)15-4-2-10(8-17)3-5-15/h6-8,10H,2-5H2,1H3. The molecule has 19 heavy (non-hydrogen) atoms. The van der Waals surface area contributed by atoms with Crippen LogP contribution in [0.25, 0.3) is 0 Å². The van der Waals surface area contributed by atoms with E-state index in [2.05, 4.69) is 4.90 Å². The Kier molecular flexibility index (Phi) is 4.04. The van der Waals surface area contributed by atoms with Crippen molar-refractivity contribution in [3.05, 3.63) is 32.8 Å². The quantitative estimate of drug-likeness (QED) is 0.486. The predicted octanol–water partition coefficient (Wildman–Crippen LogP) is 2.97. The minimum absolute atomic E-state index is 0.0642. The molecule has 1 aliphatic heterocycles. The number of nitro benzene ring substituents is 1. The molecule has 1 aromatic carbocycles. The highest BCUT2D eigenvalue weighted by molar-refractivity contribution is 6.33. The average molecular weight is 283 g/mol. The molecule has 6 heteroatoms. The van der Waals surface area contributed by atoms with Crippen molar-refractivity contribution >= 4 is 29.3 Å². The Balaban J connectivity index is 2.24. The molecule has 0 spiro atoms. The van der Waals surface area contributed by atoms with Gasteiger partial charge in [0.2, 0.25) is 0 Å². The first-order chi connectivity index (χ1) is 9.02. The second-order valence-electron chi connectivity index (χ2n) is 4.81. The number of aryl methyl sites for hydroxylation is 1. The van der Waals surface area contributed by atoms with Crippen molar-refractivity contribution in [2.45, 2.75) is 19.8 Å². The van der Waals surface area contributed by atoms with Crippen molar-refractivity contribution < 1.29 is 9.72 Å². The van der Waals surface area contributed by atoms with E-state index in [0.717, 1.165) is 43.5 Å². The fraction of sp³-hybridized carbons (Fsp3) is 0.462. The van der Waals surface area contributed by atoms with Gasteiger partial charge in [-0.1, -0.05) is 11.6 Å². The summed E-state index contributed by atoms with van der Waals surface area (Å²) < 4.78 is 0. The van der Waals surface area contributed by atoms with E-state index in [1.165, 1.54) is 6.07 Å². The van der Waals surface area contributed by atoms with Crippen LogP contribution >= 0.6 is 11.6 Å². The molecule has 102 valence electrons. The van der Waals surface area contributed by atoms with Gasteiger partial charge in [0.25, 0.3) is 5.69 Å². The fourth-order valence-corrected chi connectivity index (χ4v) is 2.64. The Labute approximate surface area is 116 Å². The van der Waals surface area contributed by atoms with Gasteiger partial charge in [-0.2, -0.15) is 0 Å². The van der Waals surface area contributed by atoms with Gasteiger partial charge in [0, 0.05) is 30.8 Å². The van der Waals surface area contributed by atoms with Crippen LogP contribution in [0.15, 0.2) is 12.1 Å². The molecule has 0 atom stereocenters.